The molecule has 1 aliphatic heterocycles. The molecular weight excluding hydrogens is 242 g/mol. The molecule has 0 radical (unpaired) electrons. The van der Waals surface area contributed by atoms with Crippen molar-refractivity contribution in [2.75, 3.05) is 0 Å². The molecule has 0 saturated carbocycles. The van der Waals surface area contributed by atoms with E-state index in [4.69, 9.17) is 0 Å². The maximum Gasteiger partial charge on any atom is 0.458 e. The SMILES string of the molecule is O[C@]1(C(F)(F)F)CC(c2ccc(F)cc2)=NO1. The first-order valence-electron chi connectivity index (χ1n) is 4.62. The Labute approximate surface area is 93.3 Å². The van der Waals surface area contributed by atoms with E-state index in [1.54, 1.807) is 0 Å². The van der Waals surface area contributed by atoms with E-state index >= 15 is 0 Å². The third-order valence-electron chi connectivity index (χ3n) is 2.33. The van der Waals surface area contributed by atoms with Gasteiger partial charge in [-0.1, -0.05) is 17.3 Å². The summed E-state index contributed by atoms with van der Waals surface area (Å²) < 4.78 is 49.8. The fraction of sp³-hybridized carbons (Fsp3) is 0.300. The van der Waals surface area contributed by atoms with Crippen molar-refractivity contribution in [2.45, 2.75) is 18.4 Å². The zero-order valence-corrected chi connectivity index (χ0v) is 8.33. The molecule has 0 unspecified atom stereocenters. The highest BCUT2D eigenvalue weighted by molar-refractivity contribution is 6.01. The first-order valence-corrected chi connectivity index (χ1v) is 4.62. The van der Waals surface area contributed by atoms with Crippen LogP contribution < -0.4 is 0 Å². The number of nitrogens with zero attached hydrogens (tertiary/aromatic N) is 1. The molecule has 1 N–H and O–H groups in total. The minimum Gasteiger partial charge on any atom is -0.350 e. The van der Waals surface area contributed by atoms with Crippen molar-refractivity contribution in [3.8, 4) is 0 Å². The Hall–Kier alpha value is -1.63. The summed E-state index contributed by atoms with van der Waals surface area (Å²) in [6.45, 7) is 0. The van der Waals surface area contributed by atoms with Gasteiger partial charge in [-0.25, -0.2) is 4.39 Å². The van der Waals surface area contributed by atoms with E-state index < -0.39 is 24.2 Å². The Morgan fingerprint density at radius 3 is 2.29 bits per heavy atom. The summed E-state index contributed by atoms with van der Waals surface area (Å²) in [5, 5.41) is 12.4. The Bertz CT molecular complexity index is 454. The van der Waals surface area contributed by atoms with Crippen molar-refractivity contribution in [1.82, 2.24) is 0 Å². The summed E-state index contributed by atoms with van der Waals surface area (Å²) in [5.74, 6) is -3.81. The zero-order valence-electron chi connectivity index (χ0n) is 8.33. The van der Waals surface area contributed by atoms with Crippen molar-refractivity contribution < 1.29 is 27.5 Å². The summed E-state index contributed by atoms with van der Waals surface area (Å²) in [7, 11) is 0. The van der Waals surface area contributed by atoms with Crippen LogP contribution in [0.4, 0.5) is 17.6 Å². The molecule has 1 aliphatic rings. The molecule has 0 spiro atoms. The maximum absolute atomic E-state index is 12.6. The van der Waals surface area contributed by atoms with E-state index in [1.807, 2.05) is 0 Å². The van der Waals surface area contributed by atoms with Gasteiger partial charge in [-0.3, -0.25) is 0 Å². The van der Waals surface area contributed by atoms with E-state index in [1.165, 1.54) is 12.1 Å². The van der Waals surface area contributed by atoms with Gasteiger partial charge < -0.3 is 9.94 Å². The topological polar surface area (TPSA) is 41.8 Å². The second kappa shape index (κ2) is 3.69. The molecule has 17 heavy (non-hydrogen) atoms. The van der Waals surface area contributed by atoms with Crippen molar-refractivity contribution >= 4 is 5.71 Å². The second-order valence-electron chi connectivity index (χ2n) is 3.60. The molecule has 1 aromatic carbocycles. The molecule has 1 aromatic rings. The van der Waals surface area contributed by atoms with Crippen LogP contribution in [0.5, 0.6) is 0 Å². The number of alkyl halides is 3. The zero-order chi connectivity index (χ0) is 12.7. The minimum absolute atomic E-state index is 0.0789. The predicted molar refractivity (Wildman–Crippen MR) is 49.6 cm³/mol. The molecule has 0 saturated heterocycles. The van der Waals surface area contributed by atoms with Gasteiger partial charge in [0.25, 0.3) is 0 Å². The van der Waals surface area contributed by atoms with Crippen LogP contribution in [-0.4, -0.2) is 22.8 Å². The van der Waals surface area contributed by atoms with E-state index in [9.17, 15) is 22.7 Å². The van der Waals surface area contributed by atoms with E-state index in [2.05, 4.69) is 9.99 Å². The van der Waals surface area contributed by atoms with Gasteiger partial charge in [-0.2, -0.15) is 13.2 Å². The molecule has 0 fully saturated rings. The number of aliphatic hydroxyl groups is 1. The summed E-state index contributed by atoms with van der Waals surface area (Å²) in [5.41, 5.74) is 0.191. The van der Waals surface area contributed by atoms with Crippen molar-refractivity contribution in [3.05, 3.63) is 35.6 Å². The molecule has 7 heteroatoms. The number of oxime groups is 1. The average molecular weight is 249 g/mol. The highest BCUT2D eigenvalue weighted by atomic mass is 19.4. The fourth-order valence-electron chi connectivity index (χ4n) is 1.37. The van der Waals surface area contributed by atoms with Crippen LogP contribution in [-0.2, 0) is 4.84 Å². The summed E-state index contributed by atoms with van der Waals surface area (Å²) in [6, 6.07) is 4.70. The number of rotatable bonds is 1. The largest absolute Gasteiger partial charge is 0.458 e. The normalized spacial score (nSPS) is 24.4. The third-order valence-corrected chi connectivity index (χ3v) is 2.33. The molecule has 92 valence electrons. The first-order chi connectivity index (χ1) is 7.82. The van der Waals surface area contributed by atoms with Crippen molar-refractivity contribution in [2.24, 2.45) is 5.16 Å². The van der Waals surface area contributed by atoms with Crippen LogP contribution in [0.1, 0.15) is 12.0 Å². The van der Waals surface area contributed by atoms with Crippen molar-refractivity contribution in [1.29, 1.82) is 0 Å². The van der Waals surface area contributed by atoms with Gasteiger partial charge in [-0.15, -0.1) is 0 Å². The molecule has 1 heterocycles. The quantitative estimate of drug-likeness (QED) is 0.775. The lowest BCUT2D eigenvalue weighted by Crippen LogP contribution is -2.45. The Morgan fingerprint density at radius 2 is 1.82 bits per heavy atom. The lowest BCUT2D eigenvalue weighted by atomic mass is 10.0. The van der Waals surface area contributed by atoms with Crippen molar-refractivity contribution in [3.63, 3.8) is 0 Å². The van der Waals surface area contributed by atoms with Gasteiger partial charge in [0.2, 0.25) is 0 Å². The molecule has 0 aromatic heterocycles. The van der Waals surface area contributed by atoms with Crippen LogP contribution in [0.3, 0.4) is 0 Å². The van der Waals surface area contributed by atoms with Gasteiger partial charge in [0.15, 0.2) is 0 Å². The fourth-order valence-corrected chi connectivity index (χ4v) is 1.37. The molecular formula is C10H7F4NO2. The van der Waals surface area contributed by atoms with Crippen LogP contribution in [0, 0.1) is 5.82 Å². The lowest BCUT2D eigenvalue weighted by Gasteiger charge is -2.22. The molecule has 1 atom stereocenters. The molecule has 3 nitrogen and oxygen atoms in total. The average Bonchev–Trinajstić information content (AvgIpc) is 2.63. The standard InChI is InChI=1S/C10H7F4NO2/c11-7-3-1-6(2-4-7)8-5-9(16,17-15-8)10(12,13)14/h1-4,16H,5H2/t9-/m1/s1. The minimum atomic E-state index is -4.93. The molecule has 0 amide bonds. The highest BCUT2D eigenvalue weighted by Crippen LogP contribution is 2.38. The third kappa shape index (κ3) is 2.10. The Morgan fingerprint density at radius 1 is 1.24 bits per heavy atom. The Balaban J connectivity index is 2.20. The van der Waals surface area contributed by atoms with E-state index in [0.717, 1.165) is 12.1 Å². The Kier molecular flexibility index (Phi) is 2.57. The van der Waals surface area contributed by atoms with Crippen LogP contribution in [0.25, 0.3) is 0 Å². The number of benzene rings is 1. The summed E-state index contributed by atoms with van der Waals surface area (Å²) >= 11 is 0. The first kappa shape index (κ1) is 11.8. The molecule has 2 rings (SSSR count). The predicted octanol–water partition coefficient (Wildman–Crippen LogP) is 2.20. The maximum atomic E-state index is 12.6. The van der Waals surface area contributed by atoms with Gasteiger partial charge >= 0.3 is 12.0 Å². The van der Waals surface area contributed by atoms with Crippen LogP contribution in [0.15, 0.2) is 29.4 Å². The molecule has 0 bridgehead atoms. The van der Waals surface area contributed by atoms with Gasteiger partial charge in [-0.05, 0) is 17.7 Å². The molecule has 0 aliphatic carbocycles. The second-order valence-corrected chi connectivity index (χ2v) is 3.60. The lowest BCUT2D eigenvalue weighted by molar-refractivity contribution is -0.355. The van der Waals surface area contributed by atoms with Gasteiger partial charge in [0.05, 0.1) is 12.1 Å². The van der Waals surface area contributed by atoms with Crippen LogP contribution in [0.2, 0.25) is 0 Å². The summed E-state index contributed by atoms with van der Waals surface area (Å²) in [4.78, 5) is 4.03. The number of hydrogen-bond acceptors (Lipinski definition) is 3. The smallest absolute Gasteiger partial charge is 0.350 e. The number of halogens is 4. The van der Waals surface area contributed by atoms with Gasteiger partial charge in [0, 0.05) is 0 Å². The van der Waals surface area contributed by atoms with Crippen LogP contribution >= 0.6 is 0 Å². The van der Waals surface area contributed by atoms with E-state index in [-0.39, 0.29) is 11.3 Å². The monoisotopic (exact) mass is 249 g/mol. The summed E-state index contributed by atoms with van der Waals surface area (Å²) in [6.07, 6.45) is -5.75. The van der Waals surface area contributed by atoms with E-state index in [0.29, 0.717) is 0 Å². The highest BCUT2D eigenvalue weighted by Gasteiger charge is 2.60. The number of hydrogen-bond donors (Lipinski definition) is 1. The van der Waals surface area contributed by atoms with Gasteiger partial charge in [0.1, 0.15) is 5.82 Å².